The van der Waals surface area contributed by atoms with Gasteiger partial charge in [-0.25, -0.2) is 4.79 Å². The van der Waals surface area contributed by atoms with Gasteiger partial charge in [0.1, 0.15) is 0 Å². The molecule has 0 aliphatic heterocycles. The van der Waals surface area contributed by atoms with Crippen molar-refractivity contribution in [2.45, 2.75) is 38.9 Å². The van der Waals surface area contributed by atoms with Crippen LogP contribution in [0.15, 0.2) is 30.3 Å². The van der Waals surface area contributed by atoms with E-state index in [4.69, 9.17) is 4.74 Å². The van der Waals surface area contributed by atoms with Crippen molar-refractivity contribution in [2.24, 2.45) is 0 Å². The lowest BCUT2D eigenvalue weighted by Gasteiger charge is -2.15. The summed E-state index contributed by atoms with van der Waals surface area (Å²) in [5, 5.41) is 9.73. The summed E-state index contributed by atoms with van der Waals surface area (Å²) in [6, 6.07) is 8.80. The lowest BCUT2D eigenvalue weighted by Crippen LogP contribution is -2.21. The Balaban J connectivity index is 2.55. The molecule has 1 aromatic carbocycles. The zero-order chi connectivity index (χ0) is 12.0. The molecule has 0 aliphatic rings. The third-order valence-electron chi connectivity index (χ3n) is 2.35. The van der Waals surface area contributed by atoms with Crippen LogP contribution in [0.25, 0.3) is 0 Å². The molecule has 0 bridgehead atoms. The van der Waals surface area contributed by atoms with Crippen molar-refractivity contribution in [3.05, 3.63) is 35.9 Å². The number of hydrogen-bond acceptors (Lipinski definition) is 3. The number of ether oxygens (including phenoxy) is 1. The number of rotatable bonds is 5. The average molecular weight is 222 g/mol. The predicted molar refractivity (Wildman–Crippen MR) is 61.9 cm³/mol. The van der Waals surface area contributed by atoms with Crippen LogP contribution in [-0.2, 0) is 9.53 Å². The minimum absolute atomic E-state index is 0.143. The quantitative estimate of drug-likeness (QED) is 0.778. The van der Waals surface area contributed by atoms with Crippen LogP contribution in [0.4, 0.5) is 0 Å². The van der Waals surface area contributed by atoms with Gasteiger partial charge in [0.25, 0.3) is 0 Å². The number of hydrogen-bond donors (Lipinski definition) is 1. The third-order valence-corrected chi connectivity index (χ3v) is 2.35. The monoisotopic (exact) mass is 222 g/mol. The van der Waals surface area contributed by atoms with Crippen LogP contribution < -0.4 is 0 Å². The maximum Gasteiger partial charge on any atom is 0.339 e. The molecule has 1 N–H and O–H groups in total. The van der Waals surface area contributed by atoms with Crippen molar-refractivity contribution >= 4 is 5.97 Å². The third kappa shape index (κ3) is 3.66. The van der Waals surface area contributed by atoms with Crippen molar-refractivity contribution < 1.29 is 14.6 Å². The van der Waals surface area contributed by atoms with Gasteiger partial charge in [0.15, 0.2) is 6.10 Å². The highest BCUT2D eigenvalue weighted by Crippen LogP contribution is 2.15. The number of carbonyl (C=O) groups is 1. The van der Waals surface area contributed by atoms with Crippen molar-refractivity contribution in [1.29, 1.82) is 0 Å². The van der Waals surface area contributed by atoms with Gasteiger partial charge in [0.05, 0.1) is 6.10 Å². The van der Waals surface area contributed by atoms with E-state index < -0.39 is 12.1 Å². The summed E-state index contributed by atoms with van der Waals surface area (Å²) in [4.78, 5) is 11.6. The Morgan fingerprint density at radius 3 is 2.56 bits per heavy atom. The predicted octanol–water partition coefficient (Wildman–Crippen LogP) is 2.45. The van der Waals surface area contributed by atoms with Gasteiger partial charge in [-0.3, -0.25) is 0 Å². The summed E-state index contributed by atoms with van der Waals surface area (Å²) in [6.07, 6.45) is 0.444. The fraction of sp³-hybridized carbons (Fsp3) is 0.462. The zero-order valence-electron chi connectivity index (χ0n) is 9.72. The molecule has 1 aromatic rings. The molecule has 3 heteroatoms. The van der Waals surface area contributed by atoms with Crippen molar-refractivity contribution in [2.75, 3.05) is 0 Å². The summed E-state index contributed by atoms with van der Waals surface area (Å²) in [5.74, 6) is -0.577. The Hall–Kier alpha value is -1.35. The average Bonchev–Trinajstić information content (AvgIpc) is 2.29. The number of esters is 1. The molecule has 3 nitrogen and oxygen atoms in total. The fourth-order valence-corrected chi connectivity index (χ4v) is 1.50. The van der Waals surface area contributed by atoms with Crippen LogP contribution in [0.3, 0.4) is 0 Å². The van der Waals surface area contributed by atoms with Crippen LogP contribution in [0.2, 0.25) is 0 Å². The first-order valence-corrected chi connectivity index (χ1v) is 5.58. The van der Waals surface area contributed by atoms with Crippen LogP contribution in [0.1, 0.15) is 38.4 Å². The maximum absolute atomic E-state index is 11.6. The van der Waals surface area contributed by atoms with Gasteiger partial charge in [-0.2, -0.15) is 0 Å². The number of aliphatic hydroxyl groups is 1. The van der Waals surface area contributed by atoms with Gasteiger partial charge >= 0.3 is 5.97 Å². The van der Waals surface area contributed by atoms with Crippen LogP contribution in [0.5, 0.6) is 0 Å². The molecule has 0 heterocycles. The van der Waals surface area contributed by atoms with Crippen LogP contribution in [-0.4, -0.2) is 17.2 Å². The minimum Gasteiger partial charge on any atom is -0.460 e. The van der Waals surface area contributed by atoms with E-state index in [2.05, 4.69) is 0 Å². The molecule has 2 atom stereocenters. The first kappa shape index (κ1) is 12.7. The summed E-state index contributed by atoms with van der Waals surface area (Å²) in [6.45, 7) is 3.86. The molecular weight excluding hydrogens is 204 g/mol. The topological polar surface area (TPSA) is 46.5 Å². The molecule has 0 saturated heterocycles. The molecule has 2 unspecified atom stereocenters. The molecule has 88 valence electrons. The Kier molecular flexibility index (Phi) is 4.99. The Labute approximate surface area is 96.1 Å². The van der Waals surface area contributed by atoms with E-state index in [-0.39, 0.29) is 6.10 Å². The number of benzene rings is 1. The second-order valence-electron chi connectivity index (χ2n) is 3.85. The first-order chi connectivity index (χ1) is 7.65. The molecule has 0 aromatic heterocycles. The molecule has 1 rings (SSSR count). The maximum atomic E-state index is 11.6. The van der Waals surface area contributed by atoms with E-state index in [1.807, 2.05) is 19.9 Å². The van der Waals surface area contributed by atoms with Gasteiger partial charge in [-0.05, 0) is 18.9 Å². The number of carbonyl (C=O) groups excluding carboxylic acids is 1. The van der Waals surface area contributed by atoms with E-state index in [1.165, 1.54) is 0 Å². The zero-order valence-corrected chi connectivity index (χ0v) is 9.72. The highest BCUT2D eigenvalue weighted by Gasteiger charge is 2.20. The number of aliphatic hydroxyl groups excluding tert-OH is 1. The van der Waals surface area contributed by atoms with E-state index in [0.29, 0.717) is 5.56 Å². The Morgan fingerprint density at radius 1 is 1.38 bits per heavy atom. The smallest absolute Gasteiger partial charge is 0.339 e. The normalized spacial score (nSPS) is 14.2. The van der Waals surface area contributed by atoms with E-state index in [1.54, 1.807) is 24.3 Å². The molecule has 0 fully saturated rings. The largest absolute Gasteiger partial charge is 0.460 e. The van der Waals surface area contributed by atoms with Gasteiger partial charge in [0.2, 0.25) is 0 Å². The minimum atomic E-state index is -1.18. The lowest BCUT2D eigenvalue weighted by molar-refractivity contribution is -0.159. The van der Waals surface area contributed by atoms with Crippen LogP contribution >= 0.6 is 0 Å². The standard InChI is InChI=1S/C13H18O3/c1-3-7-10(2)16-13(15)12(14)11-8-5-4-6-9-11/h4-6,8-10,12,14H,3,7H2,1-2H3. The Bertz CT molecular complexity index is 321. The van der Waals surface area contributed by atoms with E-state index in [0.717, 1.165) is 12.8 Å². The van der Waals surface area contributed by atoms with E-state index in [9.17, 15) is 9.90 Å². The fourth-order valence-electron chi connectivity index (χ4n) is 1.50. The second kappa shape index (κ2) is 6.28. The Morgan fingerprint density at radius 2 is 2.00 bits per heavy atom. The second-order valence-corrected chi connectivity index (χ2v) is 3.85. The molecule has 0 spiro atoms. The van der Waals surface area contributed by atoms with Gasteiger partial charge < -0.3 is 9.84 Å². The first-order valence-electron chi connectivity index (χ1n) is 5.58. The molecular formula is C13H18O3. The van der Waals surface area contributed by atoms with Gasteiger partial charge in [0, 0.05) is 0 Å². The summed E-state index contributed by atoms with van der Waals surface area (Å²) >= 11 is 0. The van der Waals surface area contributed by atoms with Crippen molar-refractivity contribution in [1.82, 2.24) is 0 Å². The lowest BCUT2D eigenvalue weighted by atomic mass is 10.1. The molecule has 0 amide bonds. The highest BCUT2D eigenvalue weighted by atomic mass is 16.6. The summed E-state index contributed by atoms with van der Waals surface area (Å²) < 4.78 is 5.12. The molecule has 0 saturated carbocycles. The SMILES string of the molecule is CCCC(C)OC(=O)C(O)c1ccccc1. The molecule has 16 heavy (non-hydrogen) atoms. The molecule has 0 radical (unpaired) electrons. The van der Waals surface area contributed by atoms with Crippen LogP contribution in [0, 0.1) is 0 Å². The van der Waals surface area contributed by atoms with Gasteiger partial charge in [-0.1, -0.05) is 43.7 Å². The summed E-state index contributed by atoms with van der Waals surface area (Å²) in [7, 11) is 0. The van der Waals surface area contributed by atoms with Crippen molar-refractivity contribution in [3.8, 4) is 0 Å². The summed E-state index contributed by atoms with van der Waals surface area (Å²) in [5.41, 5.74) is 0.566. The highest BCUT2D eigenvalue weighted by molar-refractivity contribution is 5.76. The van der Waals surface area contributed by atoms with E-state index >= 15 is 0 Å². The van der Waals surface area contributed by atoms with Gasteiger partial charge in [-0.15, -0.1) is 0 Å². The van der Waals surface area contributed by atoms with Crippen molar-refractivity contribution in [3.63, 3.8) is 0 Å². The molecule has 0 aliphatic carbocycles.